The number of amides is 1. The molecule has 0 spiro atoms. The van der Waals surface area contributed by atoms with Crippen molar-refractivity contribution in [3.63, 3.8) is 0 Å². The summed E-state index contributed by atoms with van der Waals surface area (Å²) in [7, 11) is 3.72. The standard InChI is InChI=1S/C13H26N2O2/c1-6-11-10-14(4)8-7-9-15(11)12(16)13(2,3)17-5/h11H,6-10H2,1-5H3. The number of carbonyl (C=O) groups excluding carboxylic acids is 1. The van der Waals surface area contributed by atoms with Crippen molar-refractivity contribution in [3.05, 3.63) is 0 Å². The van der Waals surface area contributed by atoms with E-state index in [2.05, 4.69) is 18.9 Å². The van der Waals surface area contributed by atoms with E-state index in [1.54, 1.807) is 7.11 Å². The molecule has 1 unspecified atom stereocenters. The van der Waals surface area contributed by atoms with Gasteiger partial charge in [-0.1, -0.05) is 6.92 Å². The van der Waals surface area contributed by atoms with E-state index in [-0.39, 0.29) is 5.91 Å². The van der Waals surface area contributed by atoms with Crippen LogP contribution in [-0.2, 0) is 9.53 Å². The van der Waals surface area contributed by atoms with E-state index in [0.717, 1.165) is 32.5 Å². The molecule has 4 nitrogen and oxygen atoms in total. The minimum atomic E-state index is -0.712. The normalized spacial score (nSPS) is 23.6. The molecule has 1 saturated heterocycles. The third-order valence-corrected chi connectivity index (χ3v) is 3.66. The van der Waals surface area contributed by atoms with Gasteiger partial charge in [0.25, 0.3) is 5.91 Å². The summed E-state index contributed by atoms with van der Waals surface area (Å²) in [4.78, 5) is 16.8. The minimum Gasteiger partial charge on any atom is -0.369 e. The molecule has 1 aliphatic heterocycles. The highest BCUT2D eigenvalue weighted by Gasteiger charge is 2.35. The van der Waals surface area contributed by atoms with Gasteiger partial charge in [0.2, 0.25) is 0 Å². The van der Waals surface area contributed by atoms with E-state index in [9.17, 15) is 4.79 Å². The lowest BCUT2D eigenvalue weighted by Crippen LogP contribution is -2.52. The molecular weight excluding hydrogens is 216 g/mol. The second kappa shape index (κ2) is 5.83. The monoisotopic (exact) mass is 242 g/mol. The lowest BCUT2D eigenvalue weighted by atomic mass is 10.0. The molecule has 0 aliphatic carbocycles. The van der Waals surface area contributed by atoms with Gasteiger partial charge in [0.1, 0.15) is 5.60 Å². The molecule has 1 atom stereocenters. The van der Waals surface area contributed by atoms with Crippen molar-refractivity contribution in [3.8, 4) is 0 Å². The van der Waals surface area contributed by atoms with E-state index in [1.165, 1.54) is 0 Å². The van der Waals surface area contributed by atoms with Gasteiger partial charge in [-0.3, -0.25) is 4.79 Å². The highest BCUT2D eigenvalue weighted by Crippen LogP contribution is 2.19. The van der Waals surface area contributed by atoms with Crippen LogP contribution in [0.3, 0.4) is 0 Å². The van der Waals surface area contributed by atoms with Gasteiger partial charge in [0.15, 0.2) is 0 Å². The fourth-order valence-electron chi connectivity index (χ4n) is 2.29. The third-order valence-electron chi connectivity index (χ3n) is 3.66. The summed E-state index contributed by atoms with van der Waals surface area (Å²) in [6.45, 7) is 8.70. The van der Waals surface area contributed by atoms with Gasteiger partial charge >= 0.3 is 0 Å². The summed E-state index contributed by atoms with van der Waals surface area (Å²) in [5.41, 5.74) is -0.712. The summed E-state index contributed by atoms with van der Waals surface area (Å²) in [5.74, 6) is 0.113. The molecule has 1 amide bonds. The Morgan fingerprint density at radius 3 is 2.59 bits per heavy atom. The first kappa shape index (κ1) is 14.5. The number of hydrogen-bond acceptors (Lipinski definition) is 3. The average Bonchev–Trinajstić information content (AvgIpc) is 2.49. The maximum atomic E-state index is 12.5. The molecule has 1 fully saturated rings. The zero-order chi connectivity index (χ0) is 13.1. The number of carbonyl (C=O) groups is 1. The summed E-state index contributed by atoms with van der Waals surface area (Å²) < 4.78 is 5.31. The summed E-state index contributed by atoms with van der Waals surface area (Å²) >= 11 is 0. The van der Waals surface area contributed by atoms with Crippen molar-refractivity contribution in [2.75, 3.05) is 33.8 Å². The van der Waals surface area contributed by atoms with Crippen LogP contribution < -0.4 is 0 Å². The van der Waals surface area contributed by atoms with E-state index >= 15 is 0 Å². The number of nitrogens with zero attached hydrogens (tertiary/aromatic N) is 2. The molecule has 0 aromatic heterocycles. The van der Waals surface area contributed by atoms with Crippen LogP contribution in [-0.4, -0.2) is 61.1 Å². The van der Waals surface area contributed by atoms with Gasteiger partial charge in [0, 0.05) is 26.2 Å². The zero-order valence-electron chi connectivity index (χ0n) is 11.8. The Morgan fingerprint density at radius 1 is 1.41 bits per heavy atom. The topological polar surface area (TPSA) is 32.8 Å². The highest BCUT2D eigenvalue weighted by molar-refractivity contribution is 5.84. The van der Waals surface area contributed by atoms with E-state index in [1.807, 2.05) is 18.7 Å². The van der Waals surface area contributed by atoms with Crippen LogP contribution in [0.5, 0.6) is 0 Å². The molecule has 0 saturated carbocycles. The Hall–Kier alpha value is -0.610. The van der Waals surface area contributed by atoms with Crippen LogP contribution in [0.2, 0.25) is 0 Å². The fourth-order valence-corrected chi connectivity index (χ4v) is 2.29. The minimum absolute atomic E-state index is 0.113. The summed E-state index contributed by atoms with van der Waals surface area (Å²) in [6.07, 6.45) is 2.04. The average molecular weight is 242 g/mol. The Labute approximate surface area is 105 Å². The second-order valence-electron chi connectivity index (χ2n) is 5.39. The first-order chi connectivity index (χ1) is 7.92. The van der Waals surface area contributed by atoms with Crippen LogP contribution in [0.4, 0.5) is 0 Å². The Bertz CT molecular complexity index is 266. The molecule has 100 valence electrons. The summed E-state index contributed by atoms with van der Waals surface area (Å²) in [6, 6.07) is 0.310. The van der Waals surface area contributed by atoms with Crippen molar-refractivity contribution in [2.24, 2.45) is 0 Å². The van der Waals surface area contributed by atoms with Gasteiger partial charge in [-0.25, -0.2) is 0 Å². The van der Waals surface area contributed by atoms with Crippen LogP contribution in [0.1, 0.15) is 33.6 Å². The van der Waals surface area contributed by atoms with E-state index in [4.69, 9.17) is 4.74 Å². The Morgan fingerprint density at radius 2 is 2.06 bits per heavy atom. The molecule has 0 bridgehead atoms. The van der Waals surface area contributed by atoms with Crippen molar-refractivity contribution < 1.29 is 9.53 Å². The Kier molecular flexibility index (Phi) is 4.95. The largest absolute Gasteiger partial charge is 0.369 e. The second-order valence-corrected chi connectivity index (χ2v) is 5.39. The van der Waals surface area contributed by atoms with Gasteiger partial charge < -0.3 is 14.5 Å². The van der Waals surface area contributed by atoms with Crippen LogP contribution >= 0.6 is 0 Å². The van der Waals surface area contributed by atoms with Crippen molar-refractivity contribution in [2.45, 2.75) is 45.3 Å². The number of rotatable bonds is 3. The van der Waals surface area contributed by atoms with Crippen molar-refractivity contribution in [1.29, 1.82) is 0 Å². The van der Waals surface area contributed by atoms with Crippen LogP contribution in [0.25, 0.3) is 0 Å². The van der Waals surface area contributed by atoms with Gasteiger partial charge in [-0.2, -0.15) is 0 Å². The first-order valence-electron chi connectivity index (χ1n) is 6.47. The number of likely N-dealkylation sites (N-methyl/N-ethyl adjacent to an activating group) is 1. The molecule has 1 heterocycles. The predicted octanol–water partition coefficient (Wildman–Crippen LogP) is 1.35. The highest BCUT2D eigenvalue weighted by atomic mass is 16.5. The summed E-state index contributed by atoms with van der Waals surface area (Å²) in [5, 5.41) is 0. The van der Waals surface area contributed by atoms with Crippen LogP contribution in [0.15, 0.2) is 0 Å². The maximum Gasteiger partial charge on any atom is 0.254 e. The quantitative estimate of drug-likeness (QED) is 0.749. The van der Waals surface area contributed by atoms with Crippen molar-refractivity contribution in [1.82, 2.24) is 9.80 Å². The lowest BCUT2D eigenvalue weighted by Gasteiger charge is -2.35. The van der Waals surface area contributed by atoms with Gasteiger partial charge in [0.05, 0.1) is 0 Å². The zero-order valence-corrected chi connectivity index (χ0v) is 11.8. The number of methoxy groups -OCH3 is 1. The predicted molar refractivity (Wildman–Crippen MR) is 69.0 cm³/mol. The van der Waals surface area contributed by atoms with Gasteiger partial charge in [-0.05, 0) is 40.3 Å². The fraction of sp³-hybridized carbons (Fsp3) is 0.923. The SMILES string of the molecule is CCC1CN(C)CCCN1C(=O)C(C)(C)OC. The molecule has 0 aromatic rings. The smallest absolute Gasteiger partial charge is 0.254 e. The maximum absolute atomic E-state index is 12.5. The molecule has 1 aliphatic rings. The molecule has 0 N–H and O–H groups in total. The molecule has 4 heteroatoms. The van der Waals surface area contributed by atoms with E-state index < -0.39 is 5.60 Å². The molecule has 17 heavy (non-hydrogen) atoms. The molecule has 1 rings (SSSR count). The van der Waals surface area contributed by atoms with Gasteiger partial charge in [-0.15, -0.1) is 0 Å². The van der Waals surface area contributed by atoms with Crippen LogP contribution in [0, 0.1) is 0 Å². The third kappa shape index (κ3) is 3.42. The molecule has 0 radical (unpaired) electrons. The van der Waals surface area contributed by atoms with E-state index in [0.29, 0.717) is 6.04 Å². The molecule has 0 aromatic carbocycles. The Balaban J connectivity index is 2.82. The number of ether oxygens (including phenoxy) is 1. The van der Waals surface area contributed by atoms with Crippen molar-refractivity contribution >= 4 is 5.91 Å². The lowest BCUT2D eigenvalue weighted by molar-refractivity contribution is -0.153. The molecular formula is C13H26N2O2. The first-order valence-corrected chi connectivity index (χ1v) is 6.47. The number of hydrogen-bond donors (Lipinski definition) is 0.